The van der Waals surface area contributed by atoms with E-state index in [2.05, 4.69) is 20.1 Å². The summed E-state index contributed by atoms with van der Waals surface area (Å²) in [5.41, 5.74) is 0.603. The van der Waals surface area contributed by atoms with Crippen molar-refractivity contribution in [1.29, 1.82) is 0 Å². The zero-order valence-corrected chi connectivity index (χ0v) is 18.1. The van der Waals surface area contributed by atoms with Gasteiger partial charge in [-0.05, 0) is 19.1 Å². The monoisotopic (exact) mass is 444 g/mol. The number of ether oxygens (including phenoxy) is 1. The van der Waals surface area contributed by atoms with Crippen molar-refractivity contribution < 1.29 is 9.15 Å². The summed E-state index contributed by atoms with van der Waals surface area (Å²) >= 11 is 2.95. The van der Waals surface area contributed by atoms with Gasteiger partial charge >= 0.3 is 0 Å². The van der Waals surface area contributed by atoms with Gasteiger partial charge in [0.1, 0.15) is 16.4 Å². The van der Waals surface area contributed by atoms with Crippen LogP contribution >= 0.6 is 23.1 Å². The number of thiophene rings is 1. The molecule has 0 radical (unpaired) electrons. The summed E-state index contributed by atoms with van der Waals surface area (Å²) in [7, 11) is 1.95. The number of furan rings is 1. The Balaban J connectivity index is 1.41. The zero-order chi connectivity index (χ0) is 20.7. The first kappa shape index (κ1) is 19.3. The second-order valence-electron chi connectivity index (χ2n) is 6.96. The molecule has 1 unspecified atom stereocenters. The highest BCUT2D eigenvalue weighted by Gasteiger charge is 2.22. The number of H-pyrrole nitrogens is 1. The molecule has 1 aliphatic rings. The number of hydrogen-bond acceptors (Lipinski definition) is 9. The van der Waals surface area contributed by atoms with Gasteiger partial charge in [-0.1, -0.05) is 11.8 Å². The summed E-state index contributed by atoms with van der Waals surface area (Å²) in [4.78, 5) is 23.3. The van der Waals surface area contributed by atoms with Crippen LogP contribution in [-0.4, -0.2) is 51.0 Å². The number of rotatable bonds is 5. The molecule has 1 aliphatic heterocycles. The van der Waals surface area contributed by atoms with E-state index in [9.17, 15) is 4.79 Å². The van der Waals surface area contributed by atoms with Crippen LogP contribution < -0.4 is 10.5 Å². The maximum absolute atomic E-state index is 12.8. The molecule has 5 rings (SSSR count). The number of anilines is 1. The number of nitrogens with one attached hydrogen (secondary N) is 1. The average Bonchev–Trinajstić information content (AvgIpc) is 3.49. The van der Waals surface area contributed by atoms with E-state index in [4.69, 9.17) is 14.1 Å². The van der Waals surface area contributed by atoms with Crippen LogP contribution in [0.25, 0.3) is 21.5 Å². The van der Waals surface area contributed by atoms with Crippen LogP contribution in [0.15, 0.2) is 38.1 Å². The van der Waals surface area contributed by atoms with E-state index < -0.39 is 0 Å². The van der Waals surface area contributed by atoms with E-state index in [0.717, 1.165) is 29.8 Å². The molecule has 1 atom stereocenters. The average molecular weight is 445 g/mol. The van der Waals surface area contributed by atoms with Crippen molar-refractivity contribution in [3.63, 3.8) is 0 Å². The molecule has 0 aromatic carbocycles. The van der Waals surface area contributed by atoms with Gasteiger partial charge in [-0.15, -0.1) is 21.5 Å². The van der Waals surface area contributed by atoms with E-state index in [1.165, 1.54) is 23.1 Å². The minimum absolute atomic E-state index is 0.100. The fourth-order valence-corrected chi connectivity index (χ4v) is 5.24. The van der Waals surface area contributed by atoms with Gasteiger partial charge in [0.25, 0.3) is 5.56 Å². The van der Waals surface area contributed by atoms with Gasteiger partial charge in [-0.3, -0.25) is 9.36 Å². The second-order valence-corrected chi connectivity index (χ2v) is 9.13. The highest BCUT2D eigenvalue weighted by Crippen LogP contribution is 2.35. The number of nitrogens with zero attached hydrogens (tertiary/aromatic N) is 5. The molecule has 9 nitrogen and oxygen atoms in total. The van der Waals surface area contributed by atoms with Crippen molar-refractivity contribution >= 4 is 39.3 Å². The number of aromatic nitrogens is 5. The first-order valence-corrected chi connectivity index (χ1v) is 11.3. The molecular weight excluding hydrogens is 424 g/mol. The van der Waals surface area contributed by atoms with Crippen LogP contribution in [0.3, 0.4) is 0 Å². The first-order chi connectivity index (χ1) is 14.6. The van der Waals surface area contributed by atoms with Crippen LogP contribution in [-0.2, 0) is 11.8 Å². The molecule has 11 heteroatoms. The normalized spacial score (nSPS) is 15.7. The van der Waals surface area contributed by atoms with E-state index in [0.29, 0.717) is 35.0 Å². The van der Waals surface area contributed by atoms with Crippen LogP contribution in [0, 0.1) is 0 Å². The molecule has 0 aliphatic carbocycles. The maximum Gasteiger partial charge on any atom is 0.260 e. The highest BCUT2D eigenvalue weighted by molar-refractivity contribution is 7.99. The predicted molar refractivity (Wildman–Crippen MR) is 116 cm³/mol. The topological polar surface area (TPSA) is 102 Å². The van der Waals surface area contributed by atoms with E-state index >= 15 is 0 Å². The van der Waals surface area contributed by atoms with Crippen LogP contribution in [0.4, 0.5) is 5.95 Å². The SMILES string of the molecule is CC(Sc1nnc(N2CCOCC2)n1C)c1nc2scc(-c3ccco3)c2c(=O)[nH]1. The lowest BCUT2D eigenvalue weighted by Crippen LogP contribution is -2.37. The molecule has 156 valence electrons. The van der Waals surface area contributed by atoms with Gasteiger partial charge in [-0.25, -0.2) is 4.98 Å². The third-order valence-electron chi connectivity index (χ3n) is 5.02. The van der Waals surface area contributed by atoms with E-state index in [1.54, 1.807) is 12.3 Å². The fraction of sp³-hybridized carbons (Fsp3) is 0.368. The lowest BCUT2D eigenvalue weighted by Gasteiger charge is -2.27. The number of thioether (sulfide) groups is 1. The Bertz CT molecular complexity index is 1220. The summed E-state index contributed by atoms with van der Waals surface area (Å²) in [6.07, 6.45) is 1.60. The van der Waals surface area contributed by atoms with Crippen molar-refractivity contribution in [2.24, 2.45) is 7.05 Å². The van der Waals surface area contributed by atoms with Gasteiger partial charge in [0.2, 0.25) is 5.95 Å². The molecule has 4 aromatic rings. The smallest absolute Gasteiger partial charge is 0.260 e. The molecule has 0 saturated carbocycles. The number of hydrogen-bond donors (Lipinski definition) is 1. The Hall–Kier alpha value is -2.63. The summed E-state index contributed by atoms with van der Waals surface area (Å²) < 4.78 is 12.8. The number of fused-ring (bicyclic) bond motifs is 1. The predicted octanol–water partition coefficient (Wildman–Crippen LogP) is 3.06. The molecule has 30 heavy (non-hydrogen) atoms. The Labute approximate surface area is 180 Å². The number of aromatic amines is 1. The van der Waals surface area contributed by atoms with Crippen molar-refractivity contribution in [3.8, 4) is 11.3 Å². The highest BCUT2D eigenvalue weighted by atomic mass is 32.2. The standard InChI is InChI=1S/C19H20N6O3S2/c1-11(30-19-23-22-18(24(19)2)25-5-8-27-9-6-25)15-20-16(26)14-12(10-29-17(14)21-15)13-4-3-7-28-13/h3-4,7,10-11H,5-6,8-9H2,1-2H3,(H,20,21,26). The Morgan fingerprint density at radius 2 is 2.13 bits per heavy atom. The zero-order valence-electron chi connectivity index (χ0n) is 16.5. The molecule has 1 N–H and O–H groups in total. The Morgan fingerprint density at radius 1 is 1.30 bits per heavy atom. The molecule has 1 fully saturated rings. The van der Waals surface area contributed by atoms with Crippen molar-refractivity contribution in [2.75, 3.05) is 31.2 Å². The minimum Gasteiger partial charge on any atom is -0.464 e. The van der Waals surface area contributed by atoms with E-state index in [1.807, 2.05) is 30.0 Å². The second kappa shape index (κ2) is 7.89. The molecule has 1 saturated heterocycles. The molecular formula is C19H20N6O3S2. The first-order valence-electron chi connectivity index (χ1n) is 9.56. The van der Waals surface area contributed by atoms with Gasteiger partial charge in [-0.2, -0.15) is 0 Å². The fourth-order valence-electron chi connectivity index (χ4n) is 3.43. The maximum atomic E-state index is 12.8. The summed E-state index contributed by atoms with van der Waals surface area (Å²) in [5, 5.41) is 11.8. The lowest BCUT2D eigenvalue weighted by atomic mass is 10.2. The van der Waals surface area contributed by atoms with Crippen LogP contribution in [0.5, 0.6) is 0 Å². The quantitative estimate of drug-likeness (QED) is 0.469. The van der Waals surface area contributed by atoms with Gasteiger partial charge in [0.15, 0.2) is 5.16 Å². The molecule has 0 amide bonds. The van der Waals surface area contributed by atoms with Crippen molar-refractivity contribution in [1.82, 2.24) is 24.7 Å². The molecule has 4 aromatic heterocycles. The third kappa shape index (κ3) is 3.42. The largest absolute Gasteiger partial charge is 0.464 e. The van der Waals surface area contributed by atoms with Crippen LogP contribution in [0.2, 0.25) is 0 Å². The Morgan fingerprint density at radius 3 is 2.90 bits per heavy atom. The Kier molecular flexibility index (Phi) is 5.09. The van der Waals surface area contributed by atoms with Crippen LogP contribution in [0.1, 0.15) is 18.0 Å². The third-order valence-corrected chi connectivity index (χ3v) is 7.04. The van der Waals surface area contributed by atoms with E-state index in [-0.39, 0.29) is 10.8 Å². The van der Waals surface area contributed by atoms with Gasteiger partial charge < -0.3 is 19.0 Å². The molecule has 0 bridgehead atoms. The van der Waals surface area contributed by atoms with Gasteiger partial charge in [0, 0.05) is 31.1 Å². The van der Waals surface area contributed by atoms with Crippen molar-refractivity contribution in [3.05, 3.63) is 40.0 Å². The summed E-state index contributed by atoms with van der Waals surface area (Å²) in [6, 6.07) is 3.65. The summed E-state index contributed by atoms with van der Waals surface area (Å²) in [6.45, 7) is 4.98. The summed E-state index contributed by atoms with van der Waals surface area (Å²) in [5.74, 6) is 2.10. The lowest BCUT2D eigenvalue weighted by molar-refractivity contribution is 0.121. The number of morpholine rings is 1. The molecule has 5 heterocycles. The van der Waals surface area contributed by atoms with Crippen molar-refractivity contribution in [2.45, 2.75) is 17.3 Å². The minimum atomic E-state index is -0.165. The molecule has 0 spiro atoms. The van der Waals surface area contributed by atoms with Gasteiger partial charge in [0.05, 0.1) is 30.1 Å².